The number of nitrogens with zero attached hydrogens (tertiary/aromatic N) is 4. The van der Waals surface area contributed by atoms with Crippen molar-refractivity contribution in [2.24, 2.45) is 12.8 Å². The molecule has 0 aliphatic heterocycles. The summed E-state index contributed by atoms with van der Waals surface area (Å²) in [6, 6.07) is 4.65. The predicted octanol–water partition coefficient (Wildman–Crippen LogP) is 0.776. The molecule has 2 N–H and O–H groups in total. The quantitative estimate of drug-likeness (QED) is 0.772. The molecule has 0 saturated heterocycles. The molecule has 3 rings (SSSR count). The molecule has 3 aromatic rings. The van der Waals surface area contributed by atoms with Crippen LogP contribution in [0.5, 0.6) is 0 Å². The molecule has 0 radical (unpaired) electrons. The summed E-state index contributed by atoms with van der Waals surface area (Å²) < 4.78 is 16.4. The van der Waals surface area contributed by atoms with Crippen molar-refractivity contribution in [1.82, 2.24) is 19.3 Å². The monoisotopic (exact) mass is 287 g/mol. The number of halogens is 1. The summed E-state index contributed by atoms with van der Waals surface area (Å²) in [5.41, 5.74) is 7.08. The maximum atomic E-state index is 13.4. The molecule has 1 aromatic carbocycles. The third-order valence-corrected chi connectivity index (χ3v) is 3.40. The molecule has 0 unspecified atom stereocenters. The maximum absolute atomic E-state index is 13.4. The highest BCUT2D eigenvalue weighted by atomic mass is 19.1. The van der Waals surface area contributed by atoms with Crippen molar-refractivity contribution in [3.8, 4) is 0 Å². The van der Waals surface area contributed by atoms with E-state index >= 15 is 0 Å². The smallest absolute Gasteiger partial charge is 0.264 e. The lowest BCUT2D eigenvalue weighted by Crippen LogP contribution is -2.21. The fourth-order valence-corrected chi connectivity index (χ4v) is 2.26. The van der Waals surface area contributed by atoms with E-state index in [0.29, 0.717) is 23.1 Å². The van der Waals surface area contributed by atoms with E-state index in [1.165, 1.54) is 23.2 Å². The average molecular weight is 287 g/mol. The van der Waals surface area contributed by atoms with E-state index < -0.39 is 0 Å². The van der Waals surface area contributed by atoms with Gasteiger partial charge in [0.05, 0.1) is 12.7 Å². The molecule has 21 heavy (non-hydrogen) atoms. The number of aryl methyl sites for hydroxylation is 1. The van der Waals surface area contributed by atoms with Crippen LogP contribution in [-0.2, 0) is 20.1 Å². The molecule has 108 valence electrons. The van der Waals surface area contributed by atoms with Gasteiger partial charge in [-0.3, -0.25) is 14.0 Å². The van der Waals surface area contributed by atoms with E-state index in [9.17, 15) is 9.18 Å². The SMILES string of the molecule is Cn1ncc2c(=O)n(Cc3ccc(F)c(CN)c3)cnc21. The summed E-state index contributed by atoms with van der Waals surface area (Å²) in [7, 11) is 1.73. The maximum Gasteiger partial charge on any atom is 0.264 e. The molecule has 6 nitrogen and oxygen atoms in total. The highest BCUT2D eigenvalue weighted by Crippen LogP contribution is 2.11. The average Bonchev–Trinajstić information content (AvgIpc) is 2.86. The van der Waals surface area contributed by atoms with Crippen LogP contribution in [0.3, 0.4) is 0 Å². The molecular formula is C14H14FN5O. The van der Waals surface area contributed by atoms with Gasteiger partial charge in [-0.1, -0.05) is 6.07 Å². The number of hydrogen-bond donors (Lipinski definition) is 1. The van der Waals surface area contributed by atoms with Crippen LogP contribution in [0, 0.1) is 5.82 Å². The van der Waals surface area contributed by atoms with Gasteiger partial charge >= 0.3 is 0 Å². The van der Waals surface area contributed by atoms with Gasteiger partial charge in [-0.2, -0.15) is 5.10 Å². The van der Waals surface area contributed by atoms with Gasteiger partial charge in [0, 0.05) is 19.2 Å². The number of benzene rings is 1. The number of hydrogen-bond acceptors (Lipinski definition) is 4. The van der Waals surface area contributed by atoms with E-state index in [1.54, 1.807) is 23.9 Å². The molecule has 0 aliphatic rings. The zero-order chi connectivity index (χ0) is 15.0. The highest BCUT2D eigenvalue weighted by Gasteiger charge is 2.09. The van der Waals surface area contributed by atoms with E-state index in [1.807, 2.05) is 0 Å². The van der Waals surface area contributed by atoms with E-state index in [2.05, 4.69) is 10.1 Å². The van der Waals surface area contributed by atoms with Gasteiger partial charge in [-0.25, -0.2) is 9.37 Å². The van der Waals surface area contributed by atoms with E-state index in [-0.39, 0.29) is 17.9 Å². The predicted molar refractivity (Wildman–Crippen MR) is 76.2 cm³/mol. The van der Waals surface area contributed by atoms with Crippen LogP contribution in [0.25, 0.3) is 11.0 Å². The topological polar surface area (TPSA) is 78.7 Å². The van der Waals surface area contributed by atoms with Crippen LogP contribution in [0.1, 0.15) is 11.1 Å². The van der Waals surface area contributed by atoms with Gasteiger partial charge in [0.2, 0.25) is 0 Å². The zero-order valence-corrected chi connectivity index (χ0v) is 11.5. The minimum Gasteiger partial charge on any atom is -0.326 e. The molecular weight excluding hydrogens is 273 g/mol. The molecule has 7 heteroatoms. The molecule has 0 atom stereocenters. The van der Waals surface area contributed by atoms with Crippen LogP contribution in [-0.4, -0.2) is 19.3 Å². The zero-order valence-electron chi connectivity index (χ0n) is 11.5. The molecule has 0 saturated carbocycles. The molecule has 2 heterocycles. The summed E-state index contributed by atoms with van der Waals surface area (Å²) >= 11 is 0. The van der Waals surface area contributed by atoms with Crippen molar-refractivity contribution < 1.29 is 4.39 Å². The lowest BCUT2D eigenvalue weighted by Gasteiger charge is -2.07. The first-order chi connectivity index (χ1) is 10.1. The number of rotatable bonds is 3. The van der Waals surface area contributed by atoms with Gasteiger partial charge in [0.1, 0.15) is 17.5 Å². The second-order valence-corrected chi connectivity index (χ2v) is 4.81. The van der Waals surface area contributed by atoms with Crippen LogP contribution in [0.15, 0.2) is 35.5 Å². The van der Waals surface area contributed by atoms with Crippen LogP contribution >= 0.6 is 0 Å². The second-order valence-electron chi connectivity index (χ2n) is 4.81. The fraction of sp³-hybridized carbons (Fsp3) is 0.214. The van der Waals surface area contributed by atoms with Crippen molar-refractivity contribution in [3.05, 3.63) is 58.0 Å². The molecule has 0 aliphatic carbocycles. The Kier molecular flexibility index (Phi) is 3.26. The van der Waals surface area contributed by atoms with Gasteiger partial charge in [-0.05, 0) is 17.7 Å². The number of fused-ring (bicyclic) bond motifs is 1. The van der Waals surface area contributed by atoms with Crippen molar-refractivity contribution in [1.29, 1.82) is 0 Å². The third kappa shape index (κ3) is 2.31. The Hall–Kier alpha value is -2.54. The number of nitrogens with two attached hydrogens (primary N) is 1. The fourth-order valence-electron chi connectivity index (χ4n) is 2.26. The molecule has 2 aromatic heterocycles. The number of aromatic nitrogens is 4. The Morgan fingerprint density at radius 3 is 2.95 bits per heavy atom. The van der Waals surface area contributed by atoms with Gasteiger partial charge in [0.25, 0.3) is 5.56 Å². The Balaban J connectivity index is 2.02. The largest absolute Gasteiger partial charge is 0.326 e. The standard InChI is InChI=1S/C14H14FN5O/c1-19-13-11(6-18-19)14(21)20(8-17-13)7-9-2-3-12(15)10(4-9)5-16/h2-4,6,8H,5,7,16H2,1H3. The summed E-state index contributed by atoms with van der Waals surface area (Å²) in [5.74, 6) is -0.338. The molecule has 0 spiro atoms. The summed E-state index contributed by atoms with van der Waals surface area (Å²) in [5, 5.41) is 4.48. The Bertz CT molecular complexity index is 867. The summed E-state index contributed by atoms with van der Waals surface area (Å²) in [6.45, 7) is 0.429. The van der Waals surface area contributed by atoms with Crippen LogP contribution in [0.2, 0.25) is 0 Å². The normalized spacial score (nSPS) is 11.2. The Morgan fingerprint density at radius 2 is 2.19 bits per heavy atom. The molecule has 0 bridgehead atoms. The third-order valence-electron chi connectivity index (χ3n) is 3.40. The first-order valence-electron chi connectivity index (χ1n) is 6.44. The lowest BCUT2D eigenvalue weighted by atomic mass is 10.1. The van der Waals surface area contributed by atoms with Gasteiger partial charge in [-0.15, -0.1) is 0 Å². The minimum absolute atomic E-state index is 0.120. The summed E-state index contributed by atoms with van der Waals surface area (Å²) in [4.78, 5) is 16.6. The lowest BCUT2D eigenvalue weighted by molar-refractivity contribution is 0.608. The first kappa shape index (κ1) is 13.4. The van der Waals surface area contributed by atoms with Crippen LogP contribution < -0.4 is 11.3 Å². The minimum atomic E-state index is -0.338. The van der Waals surface area contributed by atoms with E-state index in [0.717, 1.165) is 5.56 Å². The first-order valence-corrected chi connectivity index (χ1v) is 6.44. The van der Waals surface area contributed by atoms with Crippen molar-refractivity contribution in [3.63, 3.8) is 0 Å². The summed E-state index contributed by atoms with van der Waals surface area (Å²) in [6.07, 6.45) is 2.97. The Labute approximate surface area is 119 Å². The van der Waals surface area contributed by atoms with Gasteiger partial charge < -0.3 is 5.73 Å². The van der Waals surface area contributed by atoms with Crippen molar-refractivity contribution in [2.75, 3.05) is 0 Å². The molecule has 0 fully saturated rings. The Morgan fingerprint density at radius 1 is 1.38 bits per heavy atom. The van der Waals surface area contributed by atoms with Crippen molar-refractivity contribution >= 4 is 11.0 Å². The second kappa shape index (κ2) is 5.10. The highest BCUT2D eigenvalue weighted by molar-refractivity contribution is 5.72. The van der Waals surface area contributed by atoms with E-state index in [4.69, 9.17) is 5.73 Å². The van der Waals surface area contributed by atoms with Gasteiger partial charge in [0.15, 0.2) is 5.65 Å². The van der Waals surface area contributed by atoms with Crippen molar-refractivity contribution in [2.45, 2.75) is 13.1 Å². The van der Waals surface area contributed by atoms with Crippen LogP contribution in [0.4, 0.5) is 4.39 Å². The molecule has 0 amide bonds.